The third kappa shape index (κ3) is 8.36. The molecule has 1 aromatic heterocycles. The van der Waals surface area contributed by atoms with Crippen molar-refractivity contribution in [3.05, 3.63) is 35.9 Å². The summed E-state index contributed by atoms with van der Waals surface area (Å²) in [6, 6.07) is 2.88. The Morgan fingerprint density at radius 2 is 1.81 bits per heavy atom. The Morgan fingerprint density at radius 3 is 2.48 bits per heavy atom. The van der Waals surface area contributed by atoms with Gasteiger partial charge in [0.25, 0.3) is 0 Å². The van der Waals surface area contributed by atoms with Gasteiger partial charge in [-0.2, -0.15) is 0 Å². The Labute approximate surface area is 340 Å². The molecule has 15 nitrogen and oxygen atoms in total. The first-order valence-corrected chi connectivity index (χ1v) is 22.0. The summed E-state index contributed by atoms with van der Waals surface area (Å²) in [6.45, 7) is 9.17. The average molecular weight is 824 g/mol. The highest BCUT2D eigenvalue weighted by Crippen LogP contribution is 2.57. The van der Waals surface area contributed by atoms with Gasteiger partial charge in [0.2, 0.25) is 27.7 Å². The van der Waals surface area contributed by atoms with Crippen molar-refractivity contribution in [2.45, 2.75) is 133 Å². The number of methoxy groups -OCH3 is 1. The largest absolute Gasteiger partial charge is 0.496 e. The number of benzene rings is 1. The lowest BCUT2D eigenvalue weighted by Gasteiger charge is -2.44. The summed E-state index contributed by atoms with van der Waals surface area (Å²) in [4.78, 5) is 64.5. The summed E-state index contributed by atoms with van der Waals surface area (Å²) in [7, 11) is -2.39. The Bertz CT molecular complexity index is 2110. The lowest BCUT2D eigenvalue weighted by atomic mass is 9.91. The van der Waals surface area contributed by atoms with E-state index in [4.69, 9.17) is 19.2 Å². The molecule has 2 saturated carbocycles. The third-order valence-corrected chi connectivity index (χ3v) is 14.7. The van der Waals surface area contributed by atoms with E-state index >= 15 is 0 Å². The molecule has 16 heteroatoms. The molecule has 4 amide bonds. The molecule has 3 N–H and O–H groups in total. The van der Waals surface area contributed by atoms with E-state index in [1.165, 1.54) is 9.80 Å². The van der Waals surface area contributed by atoms with Gasteiger partial charge in [-0.15, -0.1) is 0 Å². The van der Waals surface area contributed by atoms with Crippen LogP contribution < -0.4 is 24.2 Å². The number of carbonyl (C=O) groups excluding carboxylic acids is 4. The molecule has 4 heterocycles. The minimum absolute atomic E-state index is 0.00855. The lowest BCUT2D eigenvalue weighted by molar-refractivity contribution is -0.140. The lowest BCUT2D eigenvalue weighted by Crippen LogP contribution is -2.65. The molecular formula is C42H57N5O10S. The fourth-order valence-electron chi connectivity index (χ4n) is 8.60. The number of aromatic nitrogens is 1. The SMILES string of the molecule is COc1ccc2c(O[C@@H]3C[C@H]4C(=O)C[C@]5(C(=O)NS(=O)(=O)C6(C)CC6)C[C@H]5/C=C\CCCCC[C@H](NC(=O)N5CC(C)(O)C5)C(=O)N4C3)cc(OC(C)C)nc2c1C. The molecule has 2 aromatic rings. The highest BCUT2D eigenvalue weighted by molar-refractivity contribution is 7.91. The number of carbonyl (C=O) groups is 4. The number of amides is 4. The zero-order chi connectivity index (χ0) is 41.8. The van der Waals surface area contributed by atoms with Crippen molar-refractivity contribution < 1.29 is 46.9 Å². The standard InChI is InChI=1S/C42H57N5O10S/c1-25(2)56-35-19-34(29-14-15-33(55-6)26(3)36(29)44-35)57-28-18-31-32(48)21-42(38(50)45-58(53,54)41(5)16-17-41)20-27(42)12-10-8-7-9-11-13-30(37(49)47(31)22-28)43-39(51)46-23-40(4,52)24-46/h10,12,14-15,19,25,27-28,30-31,52H,7-9,11,13,16-18,20-24H2,1-6H3,(H,43,51)(H,45,50)/b12-10-/t27-,28-,30+,31+,42-/m1/s1. The van der Waals surface area contributed by atoms with Gasteiger partial charge in [-0.25, -0.2) is 18.2 Å². The van der Waals surface area contributed by atoms with E-state index in [1.807, 2.05) is 45.1 Å². The van der Waals surface area contributed by atoms with Crippen LogP contribution in [0.3, 0.4) is 0 Å². The molecule has 4 fully saturated rings. The van der Waals surface area contributed by atoms with Crippen molar-refractivity contribution in [2.24, 2.45) is 11.3 Å². The van der Waals surface area contributed by atoms with E-state index < -0.39 is 61.8 Å². The van der Waals surface area contributed by atoms with E-state index in [-0.39, 0.29) is 50.3 Å². The van der Waals surface area contributed by atoms with Crippen LogP contribution in [0, 0.1) is 18.3 Å². The van der Waals surface area contributed by atoms with E-state index in [0.29, 0.717) is 66.8 Å². The number of nitrogens with one attached hydrogen (secondary N) is 2. The van der Waals surface area contributed by atoms with Crippen molar-refractivity contribution in [3.63, 3.8) is 0 Å². The van der Waals surface area contributed by atoms with E-state index in [9.17, 15) is 32.7 Å². The van der Waals surface area contributed by atoms with Gasteiger partial charge >= 0.3 is 6.03 Å². The van der Waals surface area contributed by atoms with Crippen LogP contribution in [0.2, 0.25) is 0 Å². The highest BCUT2D eigenvalue weighted by Gasteiger charge is 2.62. The molecule has 58 heavy (non-hydrogen) atoms. The number of hydrogen-bond donors (Lipinski definition) is 3. The van der Waals surface area contributed by atoms with Crippen molar-refractivity contribution in [2.75, 3.05) is 26.7 Å². The number of sulfonamides is 1. The van der Waals surface area contributed by atoms with Gasteiger partial charge in [0.15, 0.2) is 5.78 Å². The van der Waals surface area contributed by atoms with Gasteiger partial charge in [-0.1, -0.05) is 25.0 Å². The quantitative estimate of drug-likeness (QED) is 0.305. The molecule has 0 radical (unpaired) electrons. The fraction of sp³-hybridized carbons (Fsp3) is 0.643. The summed E-state index contributed by atoms with van der Waals surface area (Å²) in [5.74, 6) is -0.465. The number of likely N-dealkylation sites (tertiary alicyclic amines) is 1. The highest BCUT2D eigenvalue weighted by atomic mass is 32.2. The maximum absolute atomic E-state index is 14.7. The first-order valence-electron chi connectivity index (χ1n) is 20.5. The number of aryl methyl sites for hydroxylation is 1. The first kappa shape index (κ1) is 41.7. The summed E-state index contributed by atoms with van der Waals surface area (Å²) < 4.78 is 46.1. The molecule has 7 rings (SSSR count). The van der Waals surface area contributed by atoms with Crippen LogP contribution in [0.15, 0.2) is 30.4 Å². The molecule has 0 spiro atoms. The van der Waals surface area contributed by atoms with Gasteiger partial charge < -0.3 is 34.4 Å². The number of ketones is 1. The van der Waals surface area contributed by atoms with E-state index in [2.05, 4.69) is 10.0 Å². The smallest absolute Gasteiger partial charge is 0.318 e. The monoisotopic (exact) mass is 823 g/mol. The Morgan fingerprint density at radius 1 is 1.07 bits per heavy atom. The number of ether oxygens (including phenoxy) is 3. The zero-order valence-electron chi connectivity index (χ0n) is 34.3. The van der Waals surface area contributed by atoms with Crippen molar-refractivity contribution >= 4 is 44.6 Å². The van der Waals surface area contributed by atoms with Crippen LogP contribution in [0.5, 0.6) is 17.4 Å². The summed E-state index contributed by atoms with van der Waals surface area (Å²) in [5, 5.41) is 13.9. The normalized spacial score (nSPS) is 28.6. The van der Waals surface area contributed by atoms with Gasteiger partial charge in [0.05, 0.1) is 60.2 Å². The average Bonchev–Trinajstić information content (AvgIpc) is 4.02. The maximum atomic E-state index is 14.7. The van der Waals surface area contributed by atoms with Gasteiger partial charge in [-0.05, 0) is 91.2 Å². The molecule has 5 atom stereocenters. The van der Waals surface area contributed by atoms with E-state index in [1.54, 1.807) is 27.0 Å². The number of β-amino-alcohol motifs (C(OH)–C–C–N with tert-alkyl or cyclic N) is 1. The van der Waals surface area contributed by atoms with Gasteiger partial charge in [0.1, 0.15) is 23.6 Å². The van der Waals surface area contributed by atoms with Crippen LogP contribution in [0.25, 0.3) is 10.9 Å². The molecule has 316 valence electrons. The minimum atomic E-state index is -3.97. The summed E-state index contributed by atoms with van der Waals surface area (Å²) in [6.07, 6.45) is 7.30. The number of aliphatic hydroxyl groups is 1. The second kappa shape index (κ2) is 15.6. The molecule has 3 aliphatic heterocycles. The van der Waals surface area contributed by atoms with Crippen LogP contribution in [0.1, 0.15) is 97.5 Å². The Balaban J connectivity index is 1.22. The van der Waals surface area contributed by atoms with Gasteiger partial charge in [-0.3, -0.25) is 19.1 Å². The number of rotatable bonds is 9. The third-order valence-electron chi connectivity index (χ3n) is 12.5. The van der Waals surface area contributed by atoms with Crippen molar-refractivity contribution in [1.29, 1.82) is 0 Å². The predicted molar refractivity (Wildman–Crippen MR) is 215 cm³/mol. The summed E-state index contributed by atoms with van der Waals surface area (Å²) >= 11 is 0. The fourth-order valence-corrected chi connectivity index (χ4v) is 9.94. The molecule has 0 bridgehead atoms. The number of nitrogens with zero attached hydrogens (tertiary/aromatic N) is 3. The van der Waals surface area contributed by atoms with Crippen LogP contribution in [0.4, 0.5) is 4.79 Å². The zero-order valence-corrected chi connectivity index (χ0v) is 35.2. The summed E-state index contributed by atoms with van der Waals surface area (Å²) in [5.41, 5.74) is -0.910. The molecule has 0 unspecified atom stereocenters. The molecule has 2 aliphatic carbocycles. The number of urea groups is 1. The molecule has 5 aliphatic rings. The Kier molecular flexibility index (Phi) is 11.2. The number of allylic oxidation sites excluding steroid dienone is 2. The molecule has 1 aromatic carbocycles. The van der Waals surface area contributed by atoms with Crippen molar-refractivity contribution in [3.8, 4) is 17.4 Å². The van der Waals surface area contributed by atoms with Crippen LogP contribution in [-0.2, 0) is 24.4 Å². The number of fused-ring (bicyclic) bond motifs is 3. The van der Waals surface area contributed by atoms with Crippen LogP contribution >= 0.6 is 0 Å². The minimum Gasteiger partial charge on any atom is -0.496 e. The van der Waals surface area contributed by atoms with Crippen molar-refractivity contribution in [1.82, 2.24) is 24.8 Å². The van der Waals surface area contributed by atoms with Crippen LogP contribution in [-0.4, -0.2) is 113 Å². The predicted octanol–water partition coefficient (Wildman–Crippen LogP) is 4.32. The number of pyridine rings is 1. The second-order valence-corrected chi connectivity index (χ2v) is 20.0. The molecule has 2 saturated heterocycles. The first-order chi connectivity index (χ1) is 27.3. The van der Waals surface area contributed by atoms with Gasteiger partial charge in [0, 0.05) is 29.9 Å². The van der Waals surface area contributed by atoms with E-state index in [0.717, 1.165) is 18.4 Å². The second-order valence-electron chi connectivity index (χ2n) is 17.8. The maximum Gasteiger partial charge on any atom is 0.318 e. The number of Topliss-reactive ketones (excluding diaryl/α,β-unsaturated/α-hetero) is 1. The number of hydrogen-bond acceptors (Lipinski definition) is 11. The topological polar surface area (TPSA) is 194 Å². The Hall–Kier alpha value is -4.44. The molecular weight excluding hydrogens is 767 g/mol.